The van der Waals surface area contributed by atoms with Crippen LogP contribution in [0.1, 0.15) is 47.9 Å². The lowest BCUT2D eigenvalue weighted by Crippen LogP contribution is -2.21. The van der Waals surface area contributed by atoms with E-state index in [4.69, 9.17) is 4.74 Å². The lowest BCUT2D eigenvalue weighted by molar-refractivity contribution is 0.0818. The lowest BCUT2D eigenvalue weighted by Gasteiger charge is -2.10. The number of aromatic nitrogens is 2. The fraction of sp³-hybridized carbons (Fsp3) is 0.304. The Balaban J connectivity index is 1.68. The number of rotatable bonds is 6. The van der Waals surface area contributed by atoms with Crippen molar-refractivity contribution in [1.82, 2.24) is 9.78 Å². The summed E-state index contributed by atoms with van der Waals surface area (Å²) in [6, 6.07) is 17.9. The fourth-order valence-corrected chi connectivity index (χ4v) is 3.40. The van der Waals surface area contributed by atoms with Crippen molar-refractivity contribution in [1.29, 1.82) is 0 Å². The molecule has 27 heavy (non-hydrogen) atoms. The van der Waals surface area contributed by atoms with Crippen molar-refractivity contribution < 1.29 is 9.53 Å². The van der Waals surface area contributed by atoms with Crippen LogP contribution in [0.3, 0.4) is 0 Å². The summed E-state index contributed by atoms with van der Waals surface area (Å²) in [5, 5.41) is 4.43. The zero-order chi connectivity index (χ0) is 19.4. The molecule has 3 aromatic rings. The topological polar surface area (TPSA) is 44.1 Å². The third-order valence-corrected chi connectivity index (χ3v) is 5.01. The van der Waals surface area contributed by atoms with E-state index >= 15 is 0 Å². The van der Waals surface area contributed by atoms with Crippen LogP contribution < -0.4 is 4.74 Å². The molecule has 0 amide bonds. The second-order valence-corrected chi connectivity index (χ2v) is 6.88. The maximum absolute atomic E-state index is 12.6. The minimum atomic E-state index is -0.155. The van der Waals surface area contributed by atoms with Crippen LogP contribution >= 0.6 is 0 Å². The van der Waals surface area contributed by atoms with Crippen LogP contribution in [-0.2, 0) is 0 Å². The van der Waals surface area contributed by atoms with Crippen LogP contribution in [0.5, 0.6) is 5.75 Å². The Bertz CT molecular complexity index is 912. The minimum Gasteiger partial charge on any atom is -0.484 e. The Morgan fingerprint density at radius 3 is 2.30 bits per heavy atom. The van der Waals surface area contributed by atoms with Crippen molar-refractivity contribution in [3.05, 3.63) is 71.5 Å². The molecule has 4 nitrogen and oxygen atoms in total. The monoisotopic (exact) mass is 362 g/mol. The number of carbonyl (C=O) groups is 1. The molecule has 1 atom stereocenters. The highest BCUT2D eigenvalue weighted by molar-refractivity contribution is 5.80. The molecule has 0 aliphatic carbocycles. The average molecular weight is 362 g/mol. The standard InChI is InChI=1S/C23H26N2O2/c1-5-16(2)23-17(3)24-25(18(23)4)22(26)15-27-21-13-11-20(12-14-21)19-9-7-6-8-10-19/h6-14,16H,5,15H2,1-4H3. The Hall–Kier alpha value is -2.88. The second kappa shape index (κ2) is 8.21. The number of carbonyl (C=O) groups excluding carboxylic acids is 1. The molecule has 0 radical (unpaired) electrons. The summed E-state index contributed by atoms with van der Waals surface area (Å²) in [6.45, 7) is 8.18. The highest BCUT2D eigenvalue weighted by atomic mass is 16.5. The minimum absolute atomic E-state index is 0.0351. The number of nitrogens with zero attached hydrogens (tertiary/aromatic N) is 2. The molecule has 0 saturated carbocycles. The van der Waals surface area contributed by atoms with Crippen molar-refractivity contribution in [2.24, 2.45) is 0 Å². The molecule has 0 saturated heterocycles. The third kappa shape index (κ3) is 4.11. The Kier molecular flexibility index (Phi) is 5.75. The van der Waals surface area contributed by atoms with Crippen LogP contribution in [0.4, 0.5) is 0 Å². The zero-order valence-electron chi connectivity index (χ0n) is 16.4. The van der Waals surface area contributed by atoms with Crippen molar-refractivity contribution >= 4 is 5.91 Å². The van der Waals surface area contributed by atoms with E-state index in [2.05, 4.69) is 31.1 Å². The predicted octanol–water partition coefficient (Wildman–Crippen LogP) is 5.40. The van der Waals surface area contributed by atoms with E-state index in [-0.39, 0.29) is 12.5 Å². The van der Waals surface area contributed by atoms with Gasteiger partial charge in [0.25, 0.3) is 5.91 Å². The summed E-state index contributed by atoms with van der Waals surface area (Å²) in [7, 11) is 0. The average Bonchev–Trinajstić information content (AvgIpc) is 3.01. The Morgan fingerprint density at radius 2 is 1.67 bits per heavy atom. The first-order chi connectivity index (χ1) is 13.0. The van der Waals surface area contributed by atoms with Crippen LogP contribution in [0.25, 0.3) is 11.1 Å². The smallest absolute Gasteiger partial charge is 0.284 e. The van der Waals surface area contributed by atoms with E-state index in [9.17, 15) is 4.79 Å². The van der Waals surface area contributed by atoms with E-state index in [0.29, 0.717) is 11.7 Å². The van der Waals surface area contributed by atoms with Crippen molar-refractivity contribution in [2.75, 3.05) is 6.61 Å². The molecule has 0 spiro atoms. The molecule has 2 aromatic carbocycles. The van der Waals surface area contributed by atoms with Gasteiger partial charge in [0.1, 0.15) is 5.75 Å². The van der Waals surface area contributed by atoms with Crippen LogP contribution in [0.15, 0.2) is 54.6 Å². The predicted molar refractivity (Wildman–Crippen MR) is 108 cm³/mol. The second-order valence-electron chi connectivity index (χ2n) is 6.88. The van der Waals surface area contributed by atoms with Gasteiger partial charge in [-0.3, -0.25) is 4.79 Å². The maximum Gasteiger partial charge on any atom is 0.284 e. The molecular weight excluding hydrogens is 336 g/mol. The molecule has 0 bridgehead atoms. The Morgan fingerprint density at radius 1 is 1.04 bits per heavy atom. The van der Waals surface area contributed by atoms with Crippen LogP contribution in [0.2, 0.25) is 0 Å². The summed E-state index contributed by atoms with van der Waals surface area (Å²) in [4.78, 5) is 12.6. The third-order valence-electron chi connectivity index (χ3n) is 5.01. The highest BCUT2D eigenvalue weighted by Gasteiger charge is 2.20. The molecule has 3 rings (SSSR count). The van der Waals surface area contributed by atoms with Crippen molar-refractivity contribution in [3.63, 3.8) is 0 Å². The van der Waals surface area contributed by atoms with Gasteiger partial charge in [-0.1, -0.05) is 56.3 Å². The molecular formula is C23H26N2O2. The molecule has 1 heterocycles. The summed E-state index contributed by atoms with van der Waals surface area (Å²) < 4.78 is 7.17. The molecule has 140 valence electrons. The zero-order valence-corrected chi connectivity index (χ0v) is 16.4. The van der Waals surface area contributed by atoms with Gasteiger partial charge in [0.15, 0.2) is 6.61 Å². The van der Waals surface area contributed by atoms with Gasteiger partial charge < -0.3 is 4.74 Å². The Labute approximate surface area is 160 Å². The number of hydrogen-bond donors (Lipinski definition) is 0. The molecule has 1 unspecified atom stereocenters. The number of benzene rings is 2. The van der Waals surface area contributed by atoms with E-state index in [0.717, 1.165) is 34.5 Å². The van der Waals surface area contributed by atoms with Gasteiger partial charge >= 0.3 is 0 Å². The molecule has 0 aliphatic heterocycles. The summed E-state index contributed by atoms with van der Waals surface area (Å²) in [5.41, 5.74) is 5.27. The molecule has 0 aliphatic rings. The molecule has 0 fully saturated rings. The van der Waals surface area contributed by atoms with Crippen LogP contribution in [0, 0.1) is 13.8 Å². The first-order valence-electron chi connectivity index (χ1n) is 9.38. The number of hydrogen-bond acceptors (Lipinski definition) is 3. The van der Waals surface area contributed by atoms with Gasteiger partial charge in [0.2, 0.25) is 0 Å². The van der Waals surface area contributed by atoms with E-state index < -0.39 is 0 Å². The number of aryl methyl sites for hydroxylation is 1. The summed E-state index contributed by atoms with van der Waals surface area (Å²) in [6.07, 6.45) is 1.02. The maximum atomic E-state index is 12.6. The van der Waals surface area contributed by atoms with Gasteiger partial charge in [0, 0.05) is 5.69 Å². The largest absolute Gasteiger partial charge is 0.484 e. The first-order valence-corrected chi connectivity index (χ1v) is 9.38. The number of ether oxygens (including phenoxy) is 1. The van der Waals surface area contributed by atoms with Gasteiger partial charge in [-0.2, -0.15) is 5.10 Å². The van der Waals surface area contributed by atoms with Gasteiger partial charge in [-0.05, 0) is 55.0 Å². The van der Waals surface area contributed by atoms with Gasteiger partial charge in [-0.25, -0.2) is 4.68 Å². The fourth-order valence-electron chi connectivity index (χ4n) is 3.40. The highest BCUT2D eigenvalue weighted by Crippen LogP contribution is 2.26. The van der Waals surface area contributed by atoms with Crippen molar-refractivity contribution in [2.45, 2.75) is 40.0 Å². The van der Waals surface area contributed by atoms with Gasteiger partial charge in [-0.15, -0.1) is 0 Å². The van der Waals surface area contributed by atoms with E-state index in [1.54, 1.807) is 0 Å². The normalized spacial score (nSPS) is 12.0. The molecule has 0 N–H and O–H groups in total. The van der Waals surface area contributed by atoms with E-state index in [1.165, 1.54) is 4.68 Å². The lowest BCUT2D eigenvalue weighted by atomic mass is 9.97. The van der Waals surface area contributed by atoms with Crippen LogP contribution in [-0.4, -0.2) is 22.3 Å². The first kappa shape index (κ1) is 18.9. The molecule has 1 aromatic heterocycles. The summed E-state index contributed by atoms with van der Waals surface area (Å²) >= 11 is 0. The molecule has 4 heteroatoms. The van der Waals surface area contributed by atoms with Crippen molar-refractivity contribution in [3.8, 4) is 16.9 Å². The van der Waals surface area contributed by atoms with Gasteiger partial charge in [0.05, 0.1) is 5.69 Å². The summed E-state index contributed by atoms with van der Waals surface area (Å²) in [5.74, 6) is 0.905. The SMILES string of the molecule is CCC(C)c1c(C)nn(C(=O)COc2ccc(-c3ccccc3)cc2)c1C. The quantitative estimate of drug-likeness (QED) is 0.590. The van der Waals surface area contributed by atoms with E-state index in [1.807, 2.05) is 56.3 Å².